The standard InChI is InChI=1S/C11H22N2O4/c1-11(2,3)7-13(4)10(17)12-8(5-6-14)9(15)16/h8,14H,5-7H2,1-4H3,(H,12,17)(H,15,16)/t8-/m1/s1. The molecule has 0 aromatic rings. The van der Waals surface area contributed by atoms with E-state index in [1.807, 2.05) is 20.8 Å². The molecule has 1 atom stereocenters. The smallest absolute Gasteiger partial charge is 0.326 e. The van der Waals surface area contributed by atoms with Crippen molar-refractivity contribution in [3.8, 4) is 0 Å². The van der Waals surface area contributed by atoms with E-state index in [0.717, 1.165) is 0 Å². The van der Waals surface area contributed by atoms with Crippen LogP contribution in [0.2, 0.25) is 0 Å². The second-order valence-electron chi connectivity index (χ2n) is 5.27. The van der Waals surface area contributed by atoms with Crippen molar-refractivity contribution in [3.05, 3.63) is 0 Å². The third-order valence-corrected chi connectivity index (χ3v) is 2.07. The molecule has 6 nitrogen and oxygen atoms in total. The molecule has 3 N–H and O–H groups in total. The van der Waals surface area contributed by atoms with Crippen molar-refractivity contribution in [3.63, 3.8) is 0 Å². The van der Waals surface area contributed by atoms with E-state index in [1.165, 1.54) is 4.90 Å². The average molecular weight is 246 g/mol. The van der Waals surface area contributed by atoms with Gasteiger partial charge in [-0.3, -0.25) is 0 Å². The van der Waals surface area contributed by atoms with Gasteiger partial charge in [0.25, 0.3) is 0 Å². The van der Waals surface area contributed by atoms with Crippen LogP contribution < -0.4 is 5.32 Å². The fraction of sp³-hybridized carbons (Fsp3) is 0.818. The maximum absolute atomic E-state index is 11.7. The Kier molecular flexibility index (Phi) is 5.95. The van der Waals surface area contributed by atoms with Crippen LogP contribution in [0.1, 0.15) is 27.2 Å². The highest BCUT2D eigenvalue weighted by Crippen LogP contribution is 2.14. The summed E-state index contributed by atoms with van der Waals surface area (Å²) in [6.07, 6.45) is 0.00440. The minimum absolute atomic E-state index is 0.00440. The number of aliphatic carboxylic acids is 1. The molecule has 0 radical (unpaired) electrons. The molecular weight excluding hydrogens is 224 g/mol. The maximum atomic E-state index is 11.7. The number of nitrogens with zero attached hydrogens (tertiary/aromatic N) is 1. The van der Waals surface area contributed by atoms with Crippen LogP contribution in [0.5, 0.6) is 0 Å². The Labute approximate surface area is 102 Å². The molecule has 0 aromatic heterocycles. The summed E-state index contributed by atoms with van der Waals surface area (Å²) in [5.74, 6) is -1.14. The third kappa shape index (κ3) is 6.78. The zero-order valence-electron chi connectivity index (χ0n) is 10.9. The fourth-order valence-corrected chi connectivity index (χ4v) is 1.43. The lowest BCUT2D eigenvalue weighted by Gasteiger charge is -2.27. The number of aliphatic hydroxyl groups is 1. The van der Waals surface area contributed by atoms with Gasteiger partial charge in [0.1, 0.15) is 6.04 Å². The molecule has 0 aliphatic carbocycles. The molecular formula is C11H22N2O4. The summed E-state index contributed by atoms with van der Waals surface area (Å²) in [4.78, 5) is 23.9. The van der Waals surface area contributed by atoms with Crippen LogP contribution in [-0.2, 0) is 4.79 Å². The molecule has 6 heteroatoms. The SMILES string of the molecule is CN(CC(C)(C)C)C(=O)N[C@H](CCO)C(=O)O. The highest BCUT2D eigenvalue weighted by molar-refractivity contribution is 5.82. The van der Waals surface area contributed by atoms with E-state index in [0.29, 0.717) is 6.54 Å². The number of hydrogen-bond donors (Lipinski definition) is 3. The minimum atomic E-state index is -1.14. The van der Waals surface area contributed by atoms with E-state index < -0.39 is 18.0 Å². The van der Waals surface area contributed by atoms with Crippen molar-refractivity contribution in [1.29, 1.82) is 0 Å². The molecule has 0 rings (SSSR count). The van der Waals surface area contributed by atoms with E-state index in [9.17, 15) is 9.59 Å². The van der Waals surface area contributed by atoms with Crippen LogP contribution >= 0.6 is 0 Å². The number of carboxylic acids is 1. The molecule has 0 aliphatic heterocycles. The van der Waals surface area contributed by atoms with Crippen molar-refractivity contribution in [1.82, 2.24) is 10.2 Å². The van der Waals surface area contributed by atoms with Gasteiger partial charge in [-0.15, -0.1) is 0 Å². The Balaban J connectivity index is 4.35. The van der Waals surface area contributed by atoms with Gasteiger partial charge in [0.2, 0.25) is 0 Å². The molecule has 2 amide bonds. The molecule has 0 fully saturated rings. The first-order chi connectivity index (χ1) is 7.67. The predicted molar refractivity (Wildman–Crippen MR) is 63.7 cm³/mol. The highest BCUT2D eigenvalue weighted by atomic mass is 16.4. The number of nitrogens with one attached hydrogen (secondary N) is 1. The van der Waals surface area contributed by atoms with Crippen molar-refractivity contribution in [2.75, 3.05) is 20.2 Å². The van der Waals surface area contributed by atoms with Gasteiger partial charge >= 0.3 is 12.0 Å². The summed E-state index contributed by atoms with van der Waals surface area (Å²) < 4.78 is 0. The van der Waals surface area contributed by atoms with Crippen molar-refractivity contribution < 1.29 is 19.8 Å². The van der Waals surface area contributed by atoms with E-state index in [4.69, 9.17) is 10.2 Å². The molecule has 0 aromatic carbocycles. The lowest BCUT2D eigenvalue weighted by atomic mass is 9.96. The van der Waals surface area contributed by atoms with Gasteiger partial charge in [0, 0.05) is 26.6 Å². The first kappa shape index (κ1) is 15.7. The van der Waals surface area contributed by atoms with Gasteiger partial charge < -0.3 is 20.4 Å². The van der Waals surface area contributed by atoms with Gasteiger partial charge in [0.15, 0.2) is 0 Å². The second kappa shape index (κ2) is 6.44. The van der Waals surface area contributed by atoms with E-state index in [2.05, 4.69) is 5.32 Å². The van der Waals surface area contributed by atoms with Crippen LogP contribution in [0.3, 0.4) is 0 Å². The number of aliphatic hydroxyl groups excluding tert-OH is 1. The van der Waals surface area contributed by atoms with Crippen LogP contribution in [0, 0.1) is 5.41 Å². The van der Waals surface area contributed by atoms with Crippen LogP contribution in [0.4, 0.5) is 4.79 Å². The maximum Gasteiger partial charge on any atom is 0.326 e. The van der Waals surface area contributed by atoms with Gasteiger partial charge in [-0.2, -0.15) is 0 Å². The monoisotopic (exact) mass is 246 g/mol. The molecule has 0 saturated carbocycles. The Morgan fingerprint density at radius 3 is 2.24 bits per heavy atom. The second-order valence-corrected chi connectivity index (χ2v) is 5.27. The summed E-state index contributed by atoms with van der Waals surface area (Å²) in [6, 6.07) is -1.49. The zero-order valence-corrected chi connectivity index (χ0v) is 10.9. The molecule has 0 spiro atoms. The number of carbonyl (C=O) groups excluding carboxylic acids is 1. The normalized spacial score (nSPS) is 13.0. The number of hydrogen-bond acceptors (Lipinski definition) is 3. The molecule has 0 bridgehead atoms. The topological polar surface area (TPSA) is 89.9 Å². The minimum Gasteiger partial charge on any atom is -0.480 e. The summed E-state index contributed by atoms with van der Waals surface area (Å²) in [5, 5.41) is 19.9. The number of rotatable bonds is 5. The summed E-state index contributed by atoms with van der Waals surface area (Å²) >= 11 is 0. The van der Waals surface area contributed by atoms with E-state index in [1.54, 1.807) is 7.05 Å². The number of carbonyl (C=O) groups is 2. The fourth-order valence-electron chi connectivity index (χ4n) is 1.43. The van der Waals surface area contributed by atoms with Gasteiger partial charge in [-0.1, -0.05) is 20.8 Å². The summed E-state index contributed by atoms with van der Waals surface area (Å²) in [5.41, 5.74) is -0.0538. The van der Waals surface area contributed by atoms with Gasteiger partial charge in [0.05, 0.1) is 0 Å². The van der Waals surface area contributed by atoms with Crippen LogP contribution in [0.25, 0.3) is 0 Å². The van der Waals surface area contributed by atoms with Crippen molar-refractivity contribution in [2.24, 2.45) is 5.41 Å². The lowest BCUT2D eigenvalue weighted by Crippen LogP contribution is -2.48. The van der Waals surface area contributed by atoms with Gasteiger partial charge in [-0.05, 0) is 5.41 Å². The molecule has 100 valence electrons. The number of urea groups is 1. The highest BCUT2D eigenvalue weighted by Gasteiger charge is 2.23. The third-order valence-electron chi connectivity index (χ3n) is 2.07. The van der Waals surface area contributed by atoms with Crippen molar-refractivity contribution in [2.45, 2.75) is 33.2 Å². The van der Waals surface area contributed by atoms with Crippen molar-refractivity contribution >= 4 is 12.0 Å². The van der Waals surface area contributed by atoms with Crippen LogP contribution in [-0.4, -0.2) is 53.4 Å². The largest absolute Gasteiger partial charge is 0.480 e. The van der Waals surface area contributed by atoms with Crippen LogP contribution in [0.15, 0.2) is 0 Å². The Morgan fingerprint density at radius 2 is 1.88 bits per heavy atom. The zero-order chi connectivity index (χ0) is 13.6. The number of carboxylic acid groups (broad SMARTS) is 1. The molecule has 0 aliphatic rings. The molecule has 17 heavy (non-hydrogen) atoms. The Morgan fingerprint density at radius 1 is 1.35 bits per heavy atom. The Bertz CT molecular complexity index is 273. The van der Waals surface area contributed by atoms with Gasteiger partial charge in [-0.25, -0.2) is 9.59 Å². The van der Waals surface area contributed by atoms with E-state index in [-0.39, 0.29) is 18.4 Å². The number of amides is 2. The first-order valence-corrected chi connectivity index (χ1v) is 5.52. The summed E-state index contributed by atoms with van der Waals surface area (Å²) in [6.45, 7) is 6.20. The predicted octanol–water partition coefficient (Wildman–Crippen LogP) is 0.509. The first-order valence-electron chi connectivity index (χ1n) is 5.52. The molecule has 0 saturated heterocycles. The van der Waals surface area contributed by atoms with E-state index >= 15 is 0 Å². The quantitative estimate of drug-likeness (QED) is 0.659. The summed E-state index contributed by atoms with van der Waals surface area (Å²) in [7, 11) is 1.61. The lowest BCUT2D eigenvalue weighted by molar-refractivity contribution is -0.139. The molecule has 0 heterocycles. The Hall–Kier alpha value is -1.30. The average Bonchev–Trinajstić information content (AvgIpc) is 2.13. The molecule has 0 unspecified atom stereocenters.